The SMILES string of the molecule is O=C(CN1CCN(C(=O)CCc2ncc(-c3ccccc3)o2)CC1)Nc1ccccc1. The molecule has 7 nitrogen and oxygen atoms in total. The maximum absolute atomic E-state index is 12.6. The van der Waals surface area contributed by atoms with Crippen molar-refractivity contribution >= 4 is 17.5 Å². The average Bonchev–Trinajstić information content (AvgIpc) is 3.28. The van der Waals surface area contributed by atoms with Gasteiger partial charge in [-0.25, -0.2) is 4.98 Å². The van der Waals surface area contributed by atoms with Crippen molar-refractivity contribution in [1.82, 2.24) is 14.8 Å². The zero-order valence-corrected chi connectivity index (χ0v) is 17.4. The highest BCUT2D eigenvalue weighted by Gasteiger charge is 2.22. The number of piperazine rings is 1. The van der Waals surface area contributed by atoms with Crippen LogP contribution in [0, 0.1) is 0 Å². The molecule has 4 rings (SSSR count). The van der Waals surface area contributed by atoms with Crippen molar-refractivity contribution in [1.29, 1.82) is 0 Å². The van der Waals surface area contributed by atoms with Gasteiger partial charge in [-0.1, -0.05) is 48.5 Å². The number of aromatic nitrogens is 1. The van der Waals surface area contributed by atoms with Crippen molar-refractivity contribution in [2.75, 3.05) is 38.0 Å². The van der Waals surface area contributed by atoms with Crippen molar-refractivity contribution in [2.24, 2.45) is 0 Å². The van der Waals surface area contributed by atoms with Gasteiger partial charge in [-0.2, -0.15) is 0 Å². The molecule has 1 aromatic heterocycles. The van der Waals surface area contributed by atoms with E-state index in [0.29, 0.717) is 57.2 Å². The second-order valence-electron chi connectivity index (χ2n) is 7.56. The number of carbonyl (C=O) groups is 2. The first kappa shape index (κ1) is 20.8. The summed E-state index contributed by atoms with van der Waals surface area (Å²) in [5.74, 6) is 1.34. The highest BCUT2D eigenvalue weighted by atomic mass is 16.4. The number of nitrogens with zero attached hydrogens (tertiary/aromatic N) is 3. The first-order chi connectivity index (χ1) is 15.2. The molecule has 0 radical (unpaired) electrons. The van der Waals surface area contributed by atoms with E-state index in [9.17, 15) is 9.59 Å². The van der Waals surface area contributed by atoms with Crippen LogP contribution in [0.5, 0.6) is 0 Å². The molecule has 0 bridgehead atoms. The van der Waals surface area contributed by atoms with E-state index in [1.807, 2.05) is 65.6 Å². The van der Waals surface area contributed by atoms with Crippen molar-refractivity contribution in [3.05, 3.63) is 72.8 Å². The van der Waals surface area contributed by atoms with Crippen molar-refractivity contribution in [3.63, 3.8) is 0 Å². The minimum Gasteiger partial charge on any atom is -0.441 e. The molecular formula is C24H26N4O3. The Bertz CT molecular complexity index is 996. The first-order valence-electron chi connectivity index (χ1n) is 10.5. The van der Waals surface area contributed by atoms with Gasteiger partial charge in [0, 0.05) is 50.3 Å². The Kier molecular flexibility index (Phi) is 6.74. The molecule has 1 N–H and O–H groups in total. The van der Waals surface area contributed by atoms with Gasteiger partial charge in [-0.05, 0) is 12.1 Å². The lowest BCUT2D eigenvalue weighted by Gasteiger charge is -2.34. The van der Waals surface area contributed by atoms with Gasteiger partial charge in [-0.15, -0.1) is 0 Å². The number of benzene rings is 2. The maximum Gasteiger partial charge on any atom is 0.238 e. The summed E-state index contributed by atoms with van der Waals surface area (Å²) in [7, 11) is 0. The zero-order chi connectivity index (χ0) is 21.5. The summed E-state index contributed by atoms with van der Waals surface area (Å²) in [5.41, 5.74) is 1.77. The summed E-state index contributed by atoms with van der Waals surface area (Å²) in [5, 5.41) is 2.90. The fourth-order valence-corrected chi connectivity index (χ4v) is 3.61. The number of hydrogen-bond donors (Lipinski definition) is 1. The zero-order valence-electron chi connectivity index (χ0n) is 17.4. The Labute approximate surface area is 181 Å². The first-order valence-corrected chi connectivity index (χ1v) is 10.5. The van der Waals surface area contributed by atoms with Gasteiger partial charge < -0.3 is 14.6 Å². The second kappa shape index (κ2) is 10.0. The lowest BCUT2D eigenvalue weighted by Crippen LogP contribution is -2.50. The molecular weight excluding hydrogens is 392 g/mol. The Morgan fingerprint density at radius 3 is 2.32 bits per heavy atom. The molecule has 1 aliphatic heterocycles. The van der Waals surface area contributed by atoms with Crippen LogP contribution in [0.25, 0.3) is 11.3 Å². The summed E-state index contributed by atoms with van der Waals surface area (Å²) in [6.07, 6.45) is 2.54. The fraction of sp³-hybridized carbons (Fsp3) is 0.292. The normalized spacial score (nSPS) is 14.4. The molecule has 1 saturated heterocycles. The van der Waals surface area contributed by atoms with Crippen LogP contribution in [0.3, 0.4) is 0 Å². The summed E-state index contributed by atoms with van der Waals surface area (Å²) in [4.78, 5) is 33.0. The second-order valence-corrected chi connectivity index (χ2v) is 7.56. The highest BCUT2D eigenvalue weighted by Crippen LogP contribution is 2.20. The molecule has 2 heterocycles. The third-order valence-corrected chi connectivity index (χ3v) is 5.31. The molecule has 0 spiro atoms. The van der Waals surface area contributed by atoms with Crippen LogP contribution in [0.15, 0.2) is 71.3 Å². The quantitative estimate of drug-likeness (QED) is 0.638. The summed E-state index contributed by atoms with van der Waals surface area (Å²) in [6, 6.07) is 19.2. The molecule has 2 aromatic carbocycles. The van der Waals surface area contributed by atoms with E-state index in [1.165, 1.54) is 0 Å². The number of aryl methyl sites for hydroxylation is 1. The number of oxazole rings is 1. The molecule has 31 heavy (non-hydrogen) atoms. The molecule has 0 atom stereocenters. The summed E-state index contributed by atoms with van der Waals surface area (Å²) < 4.78 is 5.78. The molecule has 0 saturated carbocycles. The number of carbonyl (C=O) groups excluding carboxylic acids is 2. The van der Waals surface area contributed by atoms with Crippen molar-refractivity contribution in [3.8, 4) is 11.3 Å². The molecule has 0 unspecified atom stereocenters. The van der Waals surface area contributed by atoms with Gasteiger partial charge >= 0.3 is 0 Å². The Balaban J connectivity index is 1.19. The smallest absolute Gasteiger partial charge is 0.238 e. The molecule has 7 heteroatoms. The number of amides is 2. The van der Waals surface area contributed by atoms with Crippen LogP contribution in [-0.2, 0) is 16.0 Å². The van der Waals surface area contributed by atoms with Crippen molar-refractivity contribution < 1.29 is 14.0 Å². The number of rotatable bonds is 7. The lowest BCUT2D eigenvalue weighted by molar-refractivity contribution is -0.133. The molecule has 3 aromatic rings. The largest absolute Gasteiger partial charge is 0.441 e. The standard InChI is InChI=1S/C24H26N4O3/c29-22(26-20-9-5-2-6-10-20)18-27-13-15-28(16-14-27)24(30)12-11-23-25-17-21(31-23)19-7-3-1-4-8-19/h1-10,17H,11-16,18H2,(H,26,29). The molecule has 0 aliphatic carbocycles. The van der Waals surface area contributed by atoms with Crippen LogP contribution in [0.1, 0.15) is 12.3 Å². The Morgan fingerprint density at radius 1 is 0.935 bits per heavy atom. The van der Waals surface area contributed by atoms with E-state index in [0.717, 1.165) is 11.3 Å². The maximum atomic E-state index is 12.6. The van der Waals surface area contributed by atoms with E-state index in [1.54, 1.807) is 6.20 Å². The van der Waals surface area contributed by atoms with Gasteiger partial charge in [0.2, 0.25) is 11.8 Å². The van der Waals surface area contributed by atoms with Crippen LogP contribution in [0.4, 0.5) is 5.69 Å². The predicted molar refractivity (Wildman–Crippen MR) is 118 cm³/mol. The molecule has 160 valence electrons. The highest BCUT2D eigenvalue weighted by molar-refractivity contribution is 5.92. The van der Waals surface area contributed by atoms with E-state index < -0.39 is 0 Å². The van der Waals surface area contributed by atoms with Gasteiger partial charge in [-0.3, -0.25) is 14.5 Å². The monoisotopic (exact) mass is 418 g/mol. The summed E-state index contributed by atoms with van der Waals surface area (Å²) in [6.45, 7) is 2.95. The van der Waals surface area contributed by atoms with Crippen molar-refractivity contribution in [2.45, 2.75) is 12.8 Å². The third kappa shape index (κ3) is 5.79. The van der Waals surface area contributed by atoms with Crippen LogP contribution < -0.4 is 5.32 Å². The van der Waals surface area contributed by atoms with Gasteiger partial charge in [0.1, 0.15) is 0 Å². The minimum atomic E-state index is -0.0379. The van der Waals surface area contributed by atoms with E-state index in [4.69, 9.17) is 4.42 Å². The van der Waals surface area contributed by atoms with Gasteiger partial charge in [0.15, 0.2) is 11.7 Å². The number of hydrogen-bond acceptors (Lipinski definition) is 5. The lowest BCUT2D eigenvalue weighted by atomic mass is 10.2. The van der Waals surface area contributed by atoms with Gasteiger partial charge in [0.25, 0.3) is 0 Å². The third-order valence-electron chi connectivity index (χ3n) is 5.31. The minimum absolute atomic E-state index is 0.0379. The van der Waals surface area contributed by atoms with Crippen LogP contribution in [0.2, 0.25) is 0 Å². The summed E-state index contributed by atoms with van der Waals surface area (Å²) >= 11 is 0. The van der Waals surface area contributed by atoms with Crippen LogP contribution in [-0.4, -0.2) is 59.3 Å². The number of nitrogens with one attached hydrogen (secondary N) is 1. The molecule has 1 fully saturated rings. The average molecular weight is 418 g/mol. The van der Waals surface area contributed by atoms with Gasteiger partial charge in [0.05, 0.1) is 12.7 Å². The van der Waals surface area contributed by atoms with E-state index in [2.05, 4.69) is 15.2 Å². The van der Waals surface area contributed by atoms with E-state index in [-0.39, 0.29) is 11.8 Å². The predicted octanol–water partition coefficient (Wildman–Crippen LogP) is 3.06. The number of para-hydroxylation sites is 1. The Morgan fingerprint density at radius 2 is 1.61 bits per heavy atom. The number of anilines is 1. The van der Waals surface area contributed by atoms with E-state index >= 15 is 0 Å². The topological polar surface area (TPSA) is 78.7 Å². The van der Waals surface area contributed by atoms with Crippen LogP contribution >= 0.6 is 0 Å². The Hall–Kier alpha value is -3.45. The molecule has 2 amide bonds. The fourth-order valence-electron chi connectivity index (χ4n) is 3.61. The molecule has 1 aliphatic rings.